The highest BCUT2D eigenvalue weighted by Gasteiger charge is 2.39. The maximum absolute atomic E-state index is 13.2. The smallest absolute Gasteiger partial charge is 0.223 e. The fourth-order valence-corrected chi connectivity index (χ4v) is 5.26. The molecule has 6 heteroatoms. The number of hydrogen-bond donors (Lipinski definition) is 1. The number of hydrogen-bond acceptors (Lipinski definition) is 4. The Morgan fingerprint density at radius 2 is 1.58 bits per heavy atom. The van der Waals surface area contributed by atoms with Crippen molar-refractivity contribution < 1.29 is 14.3 Å². The van der Waals surface area contributed by atoms with Crippen LogP contribution in [0.25, 0.3) is 0 Å². The third kappa shape index (κ3) is 5.86. The molecule has 0 unspecified atom stereocenters. The summed E-state index contributed by atoms with van der Waals surface area (Å²) in [6, 6.07) is 18.0. The van der Waals surface area contributed by atoms with Crippen molar-refractivity contribution in [3.05, 3.63) is 60.2 Å². The van der Waals surface area contributed by atoms with Gasteiger partial charge in [-0.1, -0.05) is 55.3 Å². The Hall–Kier alpha value is -3.02. The Morgan fingerprint density at radius 3 is 2.27 bits per heavy atom. The van der Waals surface area contributed by atoms with E-state index in [-0.39, 0.29) is 17.2 Å². The van der Waals surface area contributed by atoms with Crippen molar-refractivity contribution in [1.29, 1.82) is 0 Å². The fraction of sp³-hybridized carbons (Fsp3) is 0.481. The van der Waals surface area contributed by atoms with Gasteiger partial charge in [-0.05, 0) is 36.0 Å². The van der Waals surface area contributed by atoms with E-state index in [0.29, 0.717) is 32.5 Å². The lowest BCUT2D eigenvalue weighted by Crippen LogP contribution is -2.50. The molecular weight excluding hydrogens is 414 g/mol. The molecule has 2 amide bonds. The molecule has 176 valence electrons. The van der Waals surface area contributed by atoms with E-state index in [2.05, 4.69) is 16.3 Å². The first-order valence-electron chi connectivity index (χ1n) is 12.0. The highest BCUT2D eigenvalue weighted by Crippen LogP contribution is 2.44. The Morgan fingerprint density at radius 1 is 0.909 bits per heavy atom. The minimum absolute atomic E-state index is 0.0505. The molecule has 4 rings (SSSR count). The molecule has 33 heavy (non-hydrogen) atoms. The van der Waals surface area contributed by atoms with Gasteiger partial charge in [0.15, 0.2) is 0 Å². The lowest BCUT2D eigenvalue weighted by atomic mass is 9.78. The molecule has 2 aliphatic rings. The lowest BCUT2D eigenvalue weighted by Gasteiger charge is -2.38. The molecule has 0 atom stereocenters. The van der Waals surface area contributed by atoms with Crippen LogP contribution in [-0.4, -0.2) is 50.0 Å². The van der Waals surface area contributed by atoms with Crippen LogP contribution >= 0.6 is 0 Å². The third-order valence-electron chi connectivity index (χ3n) is 7.12. The SMILES string of the molecule is COc1ccccc1N1CCN(C(=O)CC2(CC(=O)NCc3ccccc3)CCCC2)CC1. The molecule has 2 aromatic rings. The van der Waals surface area contributed by atoms with Crippen LogP contribution in [0.4, 0.5) is 5.69 Å². The summed E-state index contributed by atoms with van der Waals surface area (Å²) >= 11 is 0. The van der Waals surface area contributed by atoms with Gasteiger partial charge in [0, 0.05) is 45.6 Å². The summed E-state index contributed by atoms with van der Waals surface area (Å²) in [5.74, 6) is 1.10. The molecular formula is C27H35N3O3. The summed E-state index contributed by atoms with van der Waals surface area (Å²) in [6.45, 7) is 3.52. The van der Waals surface area contributed by atoms with Crippen molar-refractivity contribution in [3.8, 4) is 5.75 Å². The maximum Gasteiger partial charge on any atom is 0.223 e. The Balaban J connectivity index is 1.31. The van der Waals surface area contributed by atoms with E-state index in [9.17, 15) is 9.59 Å². The number of benzene rings is 2. The first-order valence-corrected chi connectivity index (χ1v) is 12.0. The molecule has 1 saturated heterocycles. The van der Waals surface area contributed by atoms with Gasteiger partial charge in [0.1, 0.15) is 5.75 Å². The zero-order chi connectivity index (χ0) is 23.1. The van der Waals surface area contributed by atoms with Gasteiger partial charge in [-0.15, -0.1) is 0 Å². The molecule has 1 heterocycles. The van der Waals surface area contributed by atoms with Gasteiger partial charge in [0.05, 0.1) is 12.8 Å². The first-order chi connectivity index (χ1) is 16.1. The van der Waals surface area contributed by atoms with Crippen LogP contribution in [0.3, 0.4) is 0 Å². The number of nitrogens with one attached hydrogen (secondary N) is 1. The van der Waals surface area contributed by atoms with Gasteiger partial charge in [-0.3, -0.25) is 9.59 Å². The number of carbonyl (C=O) groups excluding carboxylic acids is 2. The maximum atomic E-state index is 13.2. The molecule has 0 spiro atoms. The first kappa shape index (κ1) is 23.1. The van der Waals surface area contributed by atoms with Crippen molar-refractivity contribution in [2.24, 2.45) is 5.41 Å². The number of amides is 2. The topological polar surface area (TPSA) is 61.9 Å². The van der Waals surface area contributed by atoms with Crippen LogP contribution in [0.5, 0.6) is 5.75 Å². The van der Waals surface area contributed by atoms with E-state index in [0.717, 1.165) is 55.8 Å². The summed E-state index contributed by atoms with van der Waals surface area (Å²) in [4.78, 5) is 30.2. The van der Waals surface area contributed by atoms with Gasteiger partial charge in [-0.25, -0.2) is 0 Å². The number of anilines is 1. The predicted molar refractivity (Wildman–Crippen MR) is 130 cm³/mol. The highest BCUT2D eigenvalue weighted by atomic mass is 16.5. The zero-order valence-electron chi connectivity index (χ0n) is 19.6. The van der Waals surface area contributed by atoms with E-state index in [1.807, 2.05) is 53.4 Å². The monoisotopic (exact) mass is 449 g/mol. The van der Waals surface area contributed by atoms with E-state index in [4.69, 9.17) is 4.74 Å². The van der Waals surface area contributed by atoms with E-state index < -0.39 is 0 Å². The van der Waals surface area contributed by atoms with Gasteiger partial charge < -0.3 is 19.9 Å². The molecule has 1 aliphatic carbocycles. The number of para-hydroxylation sites is 2. The van der Waals surface area contributed by atoms with Crippen molar-refractivity contribution >= 4 is 17.5 Å². The van der Waals surface area contributed by atoms with Gasteiger partial charge in [-0.2, -0.15) is 0 Å². The number of piperazine rings is 1. The second-order valence-electron chi connectivity index (χ2n) is 9.36. The minimum Gasteiger partial charge on any atom is -0.495 e. The predicted octanol–water partition coefficient (Wildman–Crippen LogP) is 4.00. The fourth-order valence-electron chi connectivity index (χ4n) is 5.26. The van der Waals surface area contributed by atoms with Crippen LogP contribution < -0.4 is 15.0 Å². The van der Waals surface area contributed by atoms with Crippen molar-refractivity contribution in [3.63, 3.8) is 0 Å². The van der Waals surface area contributed by atoms with Crippen LogP contribution in [0.2, 0.25) is 0 Å². The molecule has 6 nitrogen and oxygen atoms in total. The molecule has 0 radical (unpaired) electrons. The van der Waals surface area contributed by atoms with Crippen molar-refractivity contribution in [1.82, 2.24) is 10.2 Å². The zero-order valence-corrected chi connectivity index (χ0v) is 19.6. The largest absolute Gasteiger partial charge is 0.495 e. The number of ether oxygens (including phenoxy) is 1. The number of methoxy groups -OCH3 is 1. The molecule has 0 aromatic heterocycles. The second-order valence-corrected chi connectivity index (χ2v) is 9.36. The van der Waals surface area contributed by atoms with Crippen LogP contribution in [0.1, 0.15) is 44.1 Å². The molecule has 0 bridgehead atoms. The quantitative estimate of drug-likeness (QED) is 0.662. The summed E-state index contributed by atoms with van der Waals surface area (Å²) in [5, 5.41) is 3.06. The second kappa shape index (κ2) is 10.7. The average molecular weight is 450 g/mol. The molecule has 2 aromatic carbocycles. The Labute approximate surface area is 196 Å². The highest BCUT2D eigenvalue weighted by molar-refractivity contribution is 5.81. The normalized spacial score (nSPS) is 17.6. The molecule has 1 N–H and O–H groups in total. The summed E-state index contributed by atoms with van der Waals surface area (Å²) in [6.07, 6.45) is 5.02. The Bertz CT molecular complexity index is 933. The van der Waals surface area contributed by atoms with Crippen molar-refractivity contribution in [2.45, 2.75) is 45.1 Å². The summed E-state index contributed by atoms with van der Waals surface area (Å²) in [5.41, 5.74) is 1.97. The van der Waals surface area contributed by atoms with E-state index >= 15 is 0 Å². The van der Waals surface area contributed by atoms with Crippen LogP contribution in [0.15, 0.2) is 54.6 Å². The molecule has 1 saturated carbocycles. The average Bonchev–Trinajstić information content (AvgIpc) is 3.31. The van der Waals surface area contributed by atoms with Crippen LogP contribution in [-0.2, 0) is 16.1 Å². The third-order valence-corrected chi connectivity index (χ3v) is 7.12. The van der Waals surface area contributed by atoms with Gasteiger partial charge in [0.25, 0.3) is 0 Å². The molecule has 2 fully saturated rings. The number of nitrogens with zero attached hydrogens (tertiary/aromatic N) is 2. The number of carbonyl (C=O) groups is 2. The molecule has 1 aliphatic heterocycles. The standard InChI is InChI=1S/C27H35N3O3/c1-33-24-12-6-5-11-23(24)29-15-17-30(18-16-29)26(32)20-27(13-7-8-14-27)19-25(31)28-21-22-9-3-2-4-10-22/h2-6,9-12H,7-8,13-21H2,1H3,(H,28,31). The van der Waals surface area contributed by atoms with Crippen LogP contribution in [0, 0.1) is 5.41 Å². The Kier molecular flexibility index (Phi) is 7.53. The van der Waals surface area contributed by atoms with Crippen molar-refractivity contribution in [2.75, 3.05) is 38.2 Å². The van der Waals surface area contributed by atoms with E-state index in [1.165, 1.54) is 0 Å². The lowest BCUT2D eigenvalue weighted by molar-refractivity contribution is -0.135. The summed E-state index contributed by atoms with van der Waals surface area (Å²) in [7, 11) is 1.69. The van der Waals surface area contributed by atoms with Gasteiger partial charge in [0.2, 0.25) is 11.8 Å². The van der Waals surface area contributed by atoms with Gasteiger partial charge >= 0.3 is 0 Å². The van der Waals surface area contributed by atoms with E-state index in [1.54, 1.807) is 7.11 Å². The minimum atomic E-state index is -0.197. The summed E-state index contributed by atoms with van der Waals surface area (Å²) < 4.78 is 5.50. The number of rotatable bonds is 8.